The lowest BCUT2D eigenvalue weighted by molar-refractivity contribution is 0.306. The molecule has 1 aromatic carbocycles. The summed E-state index contributed by atoms with van der Waals surface area (Å²) in [6.07, 6.45) is 7.53. The van der Waals surface area contributed by atoms with Crippen molar-refractivity contribution >= 4 is 13.8 Å². The van der Waals surface area contributed by atoms with Gasteiger partial charge in [0, 0.05) is 0 Å². The number of unbranched alkanes of at least 4 members (excludes halogenated alkanes) is 5. The van der Waals surface area contributed by atoms with Crippen LogP contribution in [0.25, 0.3) is 0 Å². The van der Waals surface area contributed by atoms with E-state index in [-0.39, 0.29) is 8.46 Å². The van der Waals surface area contributed by atoms with Gasteiger partial charge in [-0.25, -0.2) is 0 Å². The zero-order valence-electron chi connectivity index (χ0n) is 10.5. The van der Waals surface area contributed by atoms with E-state index in [1.54, 1.807) is 0 Å². The molecule has 0 aliphatic rings. The van der Waals surface area contributed by atoms with E-state index >= 15 is 0 Å². The molecule has 0 amide bonds. The third kappa shape index (κ3) is 5.83. The Kier molecular flexibility index (Phi) is 7.66. The molecule has 94 valence electrons. The van der Waals surface area contributed by atoms with Crippen molar-refractivity contribution in [1.82, 2.24) is 0 Å². The van der Waals surface area contributed by atoms with Gasteiger partial charge >= 0.3 is 0 Å². The minimum Gasteiger partial charge on any atom is -0.492 e. The summed E-state index contributed by atoms with van der Waals surface area (Å²) in [5.41, 5.74) is 0. The smallest absolute Gasteiger partial charge is 0.196 e. The highest BCUT2D eigenvalue weighted by Crippen LogP contribution is 2.13. The van der Waals surface area contributed by atoms with Gasteiger partial charge in [0.1, 0.15) is 5.75 Å². The van der Waals surface area contributed by atoms with E-state index in [4.69, 9.17) is 4.74 Å². The van der Waals surface area contributed by atoms with Gasteiger partial charge in [0.15, 0.2) is 8.46 Å². The maximum atomic E-state index is 10.9. The molecule has 0 heterocycles. The first-order valence-electron chi connectivity index (χ1n) is 6.43. The molecule has 0 N–H and O–H groups in total. The predicted octanol–water partition coefficient (Wildman–Crippen LogP) is 4.34. The molecule has 0 spiro atoms. The maximum absolute atomic E-state index is 10.9. The van der Waals surface area contributed by atoms with Crippen LogP contribution in [0.4, 0.5) is 0 Å². The van der Waals surface area contributed by atoms with Gasteiger partial charge in [0.2, 0.25) is 0 Å². The molecular weight excluding hydrogens is 231 g/mol. The molecule has 0 aliphatic heterocycles. The summed E-state index contributed by atoms with van der Waals surface area (Å²) in [6.45, 7) is 2.95. The fourth-order valence-corrected chi connectivity index (χ4v) is 2.10. The summed E-state index contributed by atoms with van der Waals surface area (Å²) >= 11 is 0. The molecule has 0 saturated carbocycles. The second-order valence-electron chi connectivity index (χ2n) is 4.18. The fraction of sp³-hybridized carbons (Fsp3) is 0.571. The molecule has 0 radical (unpaired) electrons. The lowest BCUT2D eigenvalue weighted by atomic mass is 10.1. The zero-order chi connectivity index (χ0) is 12.3. The number of hydrogen-bond acceptors (Lipinski definition) is 2. The molecule has 1 rings (SSSR count). The summed E-state index contributed by atoms with van der Waals surface area (Å²) in [5.74, 6) is 0.748. The quantitative estimate of drug-likeness (QED) is 0.482. The Labute approximate surface area is 106 Å². The third-order valence-electron chi connectivity index (χ3n) is 2.72. The lowest BCUT2D eigenvalue weighted by Gasteiger charge is -2.07. The van der Waals surface area contributed by atoms with Crippen molar-refractivity contribution in [3.8, 4) is 5.75 Å². The van der Waals surface area contributed by atoms with Gasteiger partial charge in [-0.1, -0.05) is 51.2 Å². The van der Waals surface area contributed by atoms with Crippen molar-refractivity contribution in [3.63, 3.8) is 0 Å². The van der Waals surface area contributed by atoms with Crippen molar-refractivity contribution in [2.75, 3.05) is 6.61 Å². The first-order chi connectivity index (χ1) is 8.38. The fourth-order valence-electron chi connectivity index (χ4n) is 1.72. The molecule has 17 heavy (non-hydrogen) atoms. The number of benzene rings is 1. The molecule has 0 bridgehead atoms. The van der Waals surface area contributed by atoms with Crippen LogP contribution < -0.4 is 10.0 Å². The topological polar surface area (TPSA) is 26.3 Å². The molecule has 0 unspecified atom stereocenters. The van der Waals surface area contributed by atoms with Crippen LogP contribution in [-0.4, -0.2) is 6.61 Å². The molecule has 1 aromatic rings. The summed E-state index contributed by atoms with van der Waals surface area (Å²) in [4.78, 5) is 0. The predicted molar refractivity (Wildman–Crippen MR) is 72.6 cm³/mol. The molecule has 0 aliphatic carbocycles. The van der Waals surface area contributed by atoms with Crippen molar-refractivity contribution in [2.45, 2.75) is 45.4 Å². The first-order valence-corrected chi connectivity index (χ1v) is 7.25. The Morgan fingerprint density at radius 2 is 1.76 bits per heavy atom. The van der Waals surface area contributed by atoms with Crippen LogP contribution in [0.5, 0.6) is 5.75 Å². The monoisotopic (exact) mass is 252 g/mol. The van der Waals surface area contributed by atoms with Gasteiger partial charge in [-0.15, -0.1) is 0 Å². The third-order valence-corrected chi connectivity index (χ3v) is 3.29. The van der Waals surface area contributed by atoms with E-state index in [1.807, 2.05) is 24.3 Å². The van der Waals surface area contributed by atoms with E-state index < -0.39 is 0 Å². The van der Waals surface area contributed by atoms with E-state index in [9.17, 15) is 4.57 Å². The van der Waals surface area contributed by atoms with Gasteiger partial charge in [-0.3, -0.25) is 4.57 Å². The van der Waals surface area contributed by atoms with Gasteiger partial charge in [0.25, 0.3) is 0 Å². The van der Waals surface area contributed by atoms with Gasteiger partial charge in [0.05, 0.1) is 11.9 Å². The summed E-state index contributed by atoms with van der Waals surface area (Å²) in [6, 6.07) is 7.48. The second kappa shape index (κ2) is 9.18. The minimum absolute atomic E-state index is 0.0306. The van der Waals surface area contributed by atoms with Crippen molar-refractivity contribution in [2.24, 2.45) is 0 Å². The number of rotatable bonds is 9. The average molecular weight is 252 g/mol. The summed E-state index contributed by atoms with van der Waals surface area (Å²) in [7, 11) is 0.0306. The van der Waals surface area contributed by atoms with Crippen molar-refractivity contribution in [1.29, 1.82) is 0 Å². The minimum atomic E-state index is 0.0306. The highest BCUT2D eigenvalue weighted by Gasteiger charge is 2.01. The van der Waals surface area contributed by atoms with E-state index in [1.165, 1.54) is 32.1 Å². The molecule has 0 fully saturated rings. The average Bonchev–Trinajstić information content (AvgIpc) is 2.38. The second-order valence-corrected chi connectivity index (χ2v) is 4.84. The Morgan fingerprint density at radius 3 is 2.53 bits per heavy atom. The molecule has 2 nitrogen and oxygen atoms in total. The zero-order valence-corrected chi connectivity index (χ0v) is 11.4. The standard InChI is InChI=1S/C14H21O2P/c1-2-3-4-5-6-9-12-16-13-10-7-8-11-14(13)17-15/h7-8,10-11H,2-6,9,12H2,1H3. The normalized spacial score (nSPS) is 10.6. The van der Waals surface area contributed by atoms with E-state index in [2.05, 4.69) is 6.92 Å². The van der Waals surface area contributed by atoms with E-state index in [0.717, 1.165) is 24.1 Å². The SMILES string of the molecule is CCCCCCCCOc1ccccc1P=O. The van der Waals surface area contributed by atoms with Crippen LogP contribution in [0.2, 0.25) is 0 Å². The number of para-hydroxylation sites is 1. The molecule has 0 atom stereocenters. The van der Waals surface area contributed by atoms with Crippen LogP contribution in [0.15, 0.2) is 24.3 Å². The van der Waals surface area contributed by atoms with Crippen LogP contribution >= 0.6 is 8.46 Å². The van der Waals surface area contributed by atoms with Crippen molar-refractivity contribution < 1.29 is 9.30 Å². The van der Waals surface area contributed by atoms with Gasteiger partial charge in [-0.2, -0.15) is 0 Å². The van der Waals surface area contributed by atoms with E-state index in [0.29, 0.717) is 0 Å². The molecular formula is C14H21O2P. The highest BCUT2D eigenvalue weighted by molar-refractivity contribution is 7.34. The summed E-state index contributed by atoms with van der Waals surface area (Å²) < 4.78 is 16.5. The van der Waals surface area contributed by atoms with Crippen LogP contribution in [0.3, 0.4) is 0 Å². The highest BCUT2D eigenvalue weighted by atomic mass is 31.1. The molecule has 0 saturated heterocycles. The Hall–Kier alpha value is -0.880. The molecule has 0 aromatic heterocycles. The van der Waals surface area contributed by atoms with Gasteiger partial charge in [-0.05, 0) is 18.6 Å². The van der Waals surface area contributed by atoms with Crippen LogP contribution in [-0.2, 0) is 4.57 Å². The van der Waals surface area contributed by atoms with Gasteiger partial charge < -0.3 is 4.74 Å². The Bertz CT molecular complexity index is 326. The lowest BCUT2D eigenvalue weighted by Crippen LogP contribution is -2.04. The maximum Gasteiger partial charge on any atom is 0.196 e. The Morgan fingerprint density at radius 1 is 1.06 bits per heavy atom. The first kappa shape index (κ1) is 14.2. The largest absolute Gasteiger partial charge is 0.492 e. The van der Waals surface area contributed by atoms with Crippen LogP contribution in [0, 0.1) is 0 Å². The molecule has 3 heteroatoms. The summed E-state index contributed by atoms with van der Waals surface area (Å²) in [5, 5.41) is 0.735. The number of hydrogen-bond donors (Lipinski definition) is 0. The Balaban J connectivity index is 2.15. The van der Waals surface area contributed by atoms with Crippen LogP contribution in [0.1, 0.15) is 45.4 Å². The van der Waals surface area contributed by atoms with Crippen molar-refractivity contribution in [3.05, 3.63) is 24.3 Å². The number of ether oxygens (including phenoxy) is 1.